The Morgan fingerprint density at radius 2 is 1.96 bits per heavy atom. The maximum Gasteiger partial charge on any atom is 0.451 e. The Bertz CT molecular complexity index is 1420. The van der Waals surface area contributed by atoms with E-state index in [9.17, 15) is 31.1 Å². The minimum atomic E-state index is -5.55. The van der Waals surface area contributed by atoms with Crippen LogP contribution in [0.25, 0.3) is 0 Å². The van der Waals surface area contributed by atoms with Gasteiger partial charge < -0.3 is 15.2 Å². The highest BCUT2D eigenvalue weighted by atomic mass is 19.4. The van der Waals surface area contributed by atoms with E-state index in [1.165, 1.54) is 0 Å². The monoisotopic (exact) mass is 420 g/mol. The van der Waals surface area contributed by atoms with E-state index in [2.05, 4.69) is 10.2 Å². The second kappa shape index (κ2) is 7.41. The van der Waals surface area contributed by atoms with Crippen molar-refractivity contribution in [2.24, 2.45) is 5.73 Å². The van der Waals surface area contributed by atoms with Crippen LogP contribution < -0.4 is 5.73 Å². The number of carbonyl (C=O) groups is 1. The molecular formula is C16H15F6N5O. The van der Waals surface area contributed by atoms with Gasteiger partial charge in [0.2, 0.25) is 11.7 Å². The lowest BCUT2D eigenvalue weighted by atomic mass is 10.0. The van der Waals surface area contributed by atoms with Crippen molar-refractivity contribution in [2.75, 3.05) is 6.50 Å². The molecule has 3 rings (SSSR count). The van der Waals surface area contributed by atoms with Gasteiger partial charge in [-0.25, -0.2) is 13.2 Å². The molecule has 12 heteroatoms. The number of amides is 1. The predicted molar refractivity (Wildman–Crippen MR) is 83.1 cm³/mol. The highest BCUT2D eigenvalue weighted by Gasteiger charge is 2.39. The third kappa shape index (κ3) is 4.11. The van der Waals surface area contributed by atoms with Crippen LogP contribution in [0.5, 0.6) is 0 Å². The first-order chi connectivity index (χ1) is 18.1. The van der Waals surface area contributed by atoms with Crippen LogP contribution in [0.4, 0.5) is 26.3 Å². The van der Waals surface area contributed by atoms with Crippen LogP contribution in [-0.2, 0) is 30.3 Å². The molecule has 1 amide bonds. The standard InChI is InChI=1S/C16H15F6N5O/c17-10-6-12(19)11(18)4-8(10)3-9(23)5-14(28)26-1-2-27-13(7-26)24-25-15(27)16(20,21)22/h4,6,9H,1-3,5,7,23H2/t9-/m1/s1/i1D2,2D2,3D2,4D,5D2,6D,7D2,9D. The number of hydrogen-bond donors (Lipinski definition) is 1. The Morgan fingerprint density at radius 3 is 2.64 bits per heavy atom. The molecule has 0 saturated heterocycles. The third-order valence-corrected chi connectivity index (χ3v) is 2.97. The van der Waals surface area contributed by atoms with Crippen molar-refractivity contribution < 1.29 is 49.0 Å². The average Bonchev–Trinajstić information content (AvgIpc) is 3.28. The Balaban J connectivity index is 2.28. The first-order valence-electron chi connectivity index (χ1n) is 13.4. The largest absolute Gasteiger partial charge is 0.451 e. The third-order valence-electron chi connectivity index (χ3n) is 2.97. The summed E-state index contributed by atoms with van der Waals surface area (Å²) in [5, 5.41) is 5.43. The molecule has 2 aromatic rings. The number of halogens is 6. The van der Waals surface area contributed by atoms with Crippen LogP contribution in [0.3, 0.4) is 0 Å². The van der Waals surface area contributed by atoms with E-state index in [4.69, 9.17) is 23.6 Å². The van der Waals surface area contributed by atoms with Crippen molar-refractivity contribution in [1.29, 1.82) is 0 Å². The maximum atomic E-state index is 14.7. The molecule has 0 fully saturated rings. The summed E-state index contributed by atoms with van der Waals surface area (Å²) in [7, 11) is 0. The Labute approximate surface area is 173 Å². The van der Waals surface area contributed by atoms with Gasteiger partial charge in [-0.2, -0.15) is 13.2 Å². The van der Waals surface area contributed by atoms with Crippen LogP contribution in [0.1, 0.15) is 41.4 Å². The lowest BCUT2D eigenvalue weighted by Gasteiger charge is -2.29. The zero-order chi connectivity index (χ0) is 32.3. The number of alkyl halides is 3. The number of carbonyl (C=O) groups excluding carboxylic acids is 1. The molecule has 0 unspecified atom stereocenters. The van der Waals surface area contributed by atoms with Crippen molar-refractivity contribution in [3.63, 3.8) is 0 Å². The van der Waals surface area contributed by atoms with Crippen LogP contribution >= 0.6 is 0 Å². The van der Waals surface area contributed by atoms with Crippen molar-refractivity contribution >= 4 is 5.91 Å². The zero-order valence-electron chi connectivity index (χ0n) is 26.0. The summed E-state index contributed by atoms with van der Waals surface area (Å²) < 4.78 is 185. The smallest absolute Gasteiger partial charge is 0.333 e. The summed E-state index contributed by atoms with van der Waals surface area (Å²) in [5.41, 5.74) is 3.37. The number of hydrogen-bond acceptors (Lipinski definition) is 4. The quantitative estimate of drug-likeness (QED) is 0.607. The van der Waals surface area contributed by atoms with E-state index in [0.29, 0.717) is 0 Å². The fraction of sp³-hybridized carbons (Fsp3) is 0.438. The molecule has 2 N–H and O–H groups in total. The molecule has 152 valence electrons. The average molecular weight is 420 g/mol. The second-order valence-electron chi connectivity index (χ2n) is 4.89. The van der Waals surface area contributed by atoms with E-state index < -0.39 is 107 Å². The molecular weight excluding hydrogens is 392 g/mol. The molecule has 1 aromatic carbocycles. The number of benzene rings is 1. The van der Waals surface area contributed by atoms with Gasteiger partial charge in [-0.05, 0) is 18.0 Å². The van der Waals surface area contributed by atoms with Gasteiger partial charge in [0, 0.05) is 38.3 Å². The second-order valence-corrected chi connectivity index (χ2v) is 4.89. The summed E-state index contributed by atoms with van der Waals surface area (Å²) in [6, 6.07) is -8.35. The normalized spacial score (nSPS) is 29.8. The molecule has 0 aliphatic carbocycles. The van der Waals surface area contributed by atoms with E-state index in [-0.39, 0.29) is 0 Å². The molecule has 1 atom stereocenters. The van der Waals surface area contributed by atoms with Crippen LogP contribution in [-0.4, -0.2) is 38.1 Å². The van der Waals surface area contributed by atoms with Crippen LogP contribution in [0.2, 0.25) is 0 Å². The lowest BCUT2D eigenvalue weighted by Crippen LogP contribution is -2.42. The molecule has 0 spiro atoms. The molecule has 28 heavy (non-hydrogen) atoms. The highest BCUT2D eigenvalue weighted by molar-refractivity contribution is 5.76. The molecule has 6 nitrogen and oxygen atoms in total. The van der Waals surface area contributed by atoms with Crippen molar-refractivity contribution in [3.05, 3.63) is 46.7 Å². The SMILES string of the molecule is [2H]c1c(F)c(F)c([2H])c(C([2H])([2H])[C@@]([2H])(N)C([2H])([2H])C(=O)N2C([2H])([2H])c3nnc(C(F)(F)F)n3C([2H])([2H])C2([2H])[2H])c1F. The highest BCUT2D eigenvalue weighted by Crippen LogP contribution is 2.29. The Hall–Kier alpha value is -2.63. The van der Waals surface area contributed by atoms with E-state index >= 15 is 0 Å². The molecule has 0 saturated carbocycles. The van der Waals surface area contributed by atoms with Gasteiger partial charge >= 0.3 is 6.18 Å². The Morgan fingerprint density at radius 1 is 1.29 bits per heavy atom. The van der Waals surface area contributed by atoms with Crippen molar-refractivity contribution in [1.82, 2.24) is 19.7 Å². The number of aromatic nitrogens is 3. The summed E-state index contributed by atoms with van der Waals surface area (Å²) in [6.45, 7) is -12.5. The summed E-state index contributed by atoms with van der Waals surface area (Å²) in [5.74, 6) is -13.7. The lowest BCUT2D eigenvalue weighted by molar-refractivity contribution is -0.148. The summed E-state index contributed by atoms with van der Waals surface area (Å²) in [4.78, 5) is 12.4. The minimum absolute atomic E-state index is 0.666. The first-order valence-corrected chi connectivity index (χ1v) is 6.87. The number of nitrogens with zero attached hydrogens (tertiary/aromatic N) is 4. The van der Waals surface area contributed by atoms with Gasteiger partial charge in [-0.1, -0.05) is 0 Å². The van der Waals surface area contributed by atoms with Gasteiger partial charge in [-0.3, -0.25) is 4.79 Å². The van der Waals surface area contributed by atoms with E-state index in [1.807, 2.05) is 0 Å². The fourth-order valence-electron chi connectivity index (χ4n) is 1.83. The molecule has 1 aliphatic heterocycles. The zero-order valence-corrected chi connectivity index (χ0v) is 13.0. The van der Waals surface area contributed by atoms with Gasteiger partial charge in [0.1, 0.15) is 5.82 Å². The van der Waals surface area contributed by atoms with E-state index in [0.717, 1.165) is 0 Å². The predicted octanol–water partition coefficient (Wildman–Crippen LogP) is 2.02. The van der Waals surface area contributed by atoms with Gasteiger partial charge in [-0.15, -0.1) is 10.2 Å². The van der Waals surface area contributed by atoms with Crippen LogP contribution in [0.15, 0.2) is 12.1 Å². The molecule has 0 radical (unpaired) electrons. The van der Waals surface area contributed by atoms with Gasteiger partial charge in [0.25, 0.3) is 0 Å². The molecule has 2 heterocycles. The number of rotatable bonds is 4. The van der Waals surface area contributed by atoms with Gasteiger partial charge in [0.15, 0.2) is 17.5 Å². The maximum absolute atomic E-state index is 14.7. The van der Waals surface area contributed by atoms with Crippen molar-refractivity contribution in [3.8, 4) is 0 Å². The van der Waals surface area contributed by atoms with Crippen molar-refractivity contribution in [2.45, 2.75) is 37.9 Å². The molecule has 1 aromatic heterocycles. The van der Waals surface area contributed by atoms with E-state index in [1.54, 1.807) is 0 Å². The topological polar surface area (TPSA) is 77.0 Å². The summed E-state index contributed by atoms with van der Waals surface area (Å²) >= 11 is 0. The molecule has 0 bridgehead atoms. The molecule has 1 aliphatic rings. The van der Waals surface area contributed by atoms with Gasteiger partial charge in [0.05, 0.1) is 17.5 Å². The number of fused-ring (bicyclic) bond motifs is 1. The summed E-state index contributed by atoms with van der Waals surface area (Å²) in [6.07, 6.45) is -14.4. The number of nitrogens with two attached hydrogens (primary N) is 1. The first kappa shape index (κ1) is 9.25. The van der Waals surface area contributed by atoms with Crippen LogP contribution in [0, 0.1) is 17.5 Å². The fourth-order valence-corrected chi connectivity index (χ4v) is 1.83. The minimum Gasteiger partial charge on any atom is -0.333 e. The Kier molecular flexibility index (Phi) is 2.45.